The molecule has 0 radical (unpaired) electrons. The summed E-state index contributed by atoms with van der Waals surface area (Å²) < 4.78 is 27.7. The highest BCUT2D eigenvalue weighted by Crippen LogP contribution is 2.33. The van der Waals surface area contributed by atoms with Crippen molar-refractivity contribution in [3.63, 3.8) is 0 Å². The lowest BCUT2D eigenvalue weighted by molar-refractivity contribution is -0.129. The summed E-state index contributed by atoms with van der Waals surface area (Å²) in [4.78, 5) is 28.5. The van der Waals surface area contributed by atoms with E-state index in [1.165, 1.54) is 35.7 Å². The molecular weight excluding hydrogens is 514 g/mol. The van der Waals surface area contributed by atoms with Crippen LogP contribution < -0.4 is 16.0 Å². The number of nitrogens with zero attached hydrogens (tertiary/aromatic N) is 2. The minimum absolute atomic E-state index is 0.0740. The van der Waals surface area contributed by atoms with Gasteiger partial charge in [-0.1, -0.05) is 35.9 Å². The Hall–Kier alpha value is -3.21. The van der Waals surface area contributed by atoms with Gasteiger partial charge in [0.2, 0.25) is 11.8 Å². The number of hydrogen-bond donors (Lipinski definition) is 3. The molecule has 10 heteroatoms. The van der Waals surface area contributed by atoms with E-state index in [9.17, 15) is 18.0 Å². The lowest BCUT2D eigenvalue weighted by Gasteiger charge is -2.34. The van der Waals surface area contributed by atoms with Crippen molar-refractivity contribution in [2.45, 2.75) is 62.6 Å². The summed E-state index contributed by atoms with van der Waals surface area (Å²) in [6.07, 6.45) is 5.04. The number of nitrogens with one attached hydrogen (secondary N) is 3. The van der Waals surface area contributed by atoms with E-state index in [2.05, 4.69) is 46.0 Å². The van der Waals surface area contributed by atoms with E-state index in [0.717, 1.165) is 60.9 Å². The van der Waals surface area contributed by atoms with E-state index in [-0.39, 0.29) is 23.3 Å². The molecule has 1 aliphatic carbocycles. The third kappa shape index (κ3) is 5.88. The zero-order chi connectivity index (χ0) is 27.6. The second-order valence-electron chi connectivity index (χ2n) is 10.6. The SMILES string of the molecule is Cc1ccc(S(=O)(=O)N2C=CNC(=O)[C@H]2CC(=O)NC2CCCc3cc([C@@H](C)N4CCNCC4)ccc32)cc1. The Balaban J connectivity index is 1.29. The van der Waals surface area contributed by atoms with Gasteiger partial charge in [-0.05, 0) is 61.9 Å². The van der Waals surface area contributed by atoms with E-state index in [1.54, 1.807) is 12.1 Å². The minimum Gasteiger partial charge on any atom is -0.349 e. The van der Waals surface area contributed by atoms with Gasteiger partial charge in [-0.3, -0.25) is 18.8 Å². The van der Waals surface area contributed by atoms with E-state index < -0.39 is 22.0 Å². The number of benzene rings is 2. The van der Waals surface area contributed by atoms with Gasteiger partial charge in [-0.2, -0.15) is 0 Å². The highest BCUT2D eigenvalue weighted by atomic mass is 32.2. The van der Waals surface area contributed by atoms with Gasteiger partial charge in [0.1, 0.15) is 6.04 Å². The molecule has 3 aliphatic rings. The van der Waals surface area contributed by atoms with Crippen LogP contribution in [0.4, 0.5) is 0 Å². The Morgan fingerprint density at radius 2 is 1.87 bits per heavy atom. The van der Waals surface area contributed by atoms with Crippen molar-refractivity contribution in [1.82, 2.24) is 25.2 Å². The Morgan fingerprint density at radius 3 is 2.62 bits per heavy atom. The minimum atomic E-state index is -4.01. The molecule has 1 unspecified atom stereocenters. The molecule has 3 atom stereocenters. The van der Waals surface area contributed by atoms with E-state index in [0.29, 0.717) is 6.04 Å². The first-order valence-corrected chi connectivity index (χ1v) is 15.1. The lowest BCUT2D eigenvalue weighted by Crippen LogP contribution is -2.51. The fraction of sp³-hybridized carbons (Fsp3) is 0.448. The third-order valence-electron chi connectivity index (χ3n) is 8.03. The van der Waals surface area contributed by atoms with Gasteiger partial charge >= 0.3 is 0 Å². The quantitative estimate of drug-likeness (QED) is 0.488. The maximum absolute atomic E-state index is 13.3. The van der Waals surface area contributed by atoms with Crippen molar-refractivity contribution in [1.29, 1.82) is 0 Å². The van der Waals surface area contributed by atoms with Crippen molar-refractivity contribution in [2.24, 2.45) is 0 Å². The number of amides is 2. The summed E-state index contributed by atoms with van der Waals surface area (Å²) in [6.45, 7) is 8.17. The predicted octanol–water partition coefficient (Wildman–Crippen LogP) is 2.51. The van der Waals surface area contributed by atoms with Gasteiger partial charge in [-0.25, -0.2) is 8.42 Å². The molecule has 1 fully saturated rings. The number of fused-ring (bicyclic) bond motifs is 1. The molecule has 0 saturated carbocycles. The van der Waals surface area contributed by atoms with Gasteiger partial charge in [0.15, 0.2) is 0 Å². The standard InChI is InChI=1S/C29H37N5O4S/c1-20-6-9-24(10-7-20)39(37,38)34-17-14-31-29(36)27(34)19-28(35)32-26-5-3-4-23-18-22(8-11-25(23)26)21(2)33-15-12-30-13-16-33/h6-11,14,17-18,21,26-27,30H,3-5,12-13,15-16,19H2,1-2H3,(H,31,36)(H,32,35)/t21-,26?,27-/m1/s1. The summed E-state index contributed by atoms with van der Waals surface area (Å²) in [7, 11) is -4.01. The fourth-order valence-corrected chi connectivity index (χ4v) is 7.17. The van der Waals surface area contributed by atoms with Gasteiger partial charge < -0.3 is 16.0 Å². The molecule has 2 aromatic carbocycles. The van der Waals surface area contributed by atoms with E-state index in [4.69, 9.17) is 0 Å². The van der Waals surface area contributed by atoms with E-state index in [1.807, 2.05) is 6.92 Å². The molecule has 0 aromatic heterocycles. The Morgan fingerprint density at radius 1 is 1.13 bits per heavy atom. The summed E-state index contributed by atoms with van der Waals surface area (Å²) >= 11 is 0. The van der Waals surface area contributed by atoms with Crippen LogP contribution in [0.5, 0.6) is 0 Å². The number of rotatable bonds is 7. The van der Waals surface area contributed by atoms with Gasteiger partial charge in [0.05, 0.1) is 17.4 Å². The fourth-order valence-electron chi connectivity index (χ4n) is 5.72. The van der Waals surface area contributed by atoms with Crippen LogP contribution in [0, 0.1) is 6.92 Å². The summed E-state index contributed by atoms with van der Waals surface area (Å²) in [5, 5.41) is 9.04. The molecule has 0 spiro atoms. The molecule has 5 rings (SSSR count). The molecule has 9 nitrogen and oxygen atoms in total. The molecule has 0 bridgehead atoms. The summed E-state index contributed by atoms with van der Waals surface area (Å²) in [6, 6.07) is 12.0. The maximum Gasteiger partial charge on any atom is 0.264 e. The van der Waals surface area contributed by atoms with Crippen LogP contribution >= 0.6 is 0 Å². The molecular formula is C29H37N5O4S. The zero-order valence-electron chi connectivity index (χ0n) is 22.5. The van der Waals surface area contributed by atoms with Crippen molar-refractivity contribution in [2.75, 3.05) is 26.2 Å². The normalized spacial score (nSPS) is 22.6. The Kier molecular flexibility index (Phi) is 8.06. The lowest BCUT2D eigenvalue weighted by atomic mass is 9.85. The predicted molar refractivity (Wildman–Crippen MR) is 149 cm³/mol. The van der Waals surface area contributed by atoms with E-state index >= 15 is 0 Å². The van der Waals surface area contributed by atoms with Crippen LogP contribution in [0.2, 0.25) is 0 Å². The smallest absolute Gasteiger partial charge is 0.264 e. The highest BCUT2D eigenvalue weighted by molar-refractivity contribution is 7.89. The average molecular weight is 552 g/mol. The summed E-state index contributed by atoms with van der Waals surface area (Å²) in [5.41, 5.74) is 4.55. The van der Waals surface area contributed by atoms with Crippen LogP contribution in [0.1, 0.15) is 60.5 Å². The van der Waals surface area contributed by atoms with Crippen molar-refractivity contribution in [3.8, 4) is 0 Å². The molecule has 3 N–H and O–H groups in total. The first kappa shape index (κ1) is 27.4. The highest BCUT2D eigenvalue weighted by Gasteiger charge is 2.37. The van der Waals surface area contributed by atoms with Crippen molar-refractivity contribution < 1.29 is 18.0 Å². The van der Waals surface area contributed by atoms with Crippen molar-refractivity contribution in [3.05, 3.63) is 77.1 Å². The maximum atomic E-state index is 13.3. The number of carbonyl (C=O) groups is 2. The Labute approximate surface area is 230 Å². The molecule has 2 amide bonds. The van der Waals surface area contributed by atoms with Crippen LogP contribution in [-0.4, -0.2) is 61.7 Å². The molecule has 208 valence electrons. The van der Waals surface area contributed by atoms with Crippen LogP contribution in [0.3, 0.4) is 0 Å². The first-order chi connectivity index (χ1) is 18.7. The number of aryl methyl sites for hydroxylation is 2. The third-order valence-corrected chi connectivity index (χ3v) is 9.83. The second kappa shape index (κ2) is 11.5. The van der Waals surface area contributed by atoms with Crippen LogP contribution in [0.15, 0.2) is 59.8 Å². The molecule has 2 aromatic rings. The largest absolute Gasteiger partial charge is 0.349 e. The number of hydrogen-bond acceptors (Lipinski definition) is 6. The zero-order valence-corrected chi connectivity index (χ0v) is 23.3. The Bertz CT molecular complexity index is 1350. The number of piperazine rings is 1. The van der Waals surface area contributed by atoms with Crippen molar-refractivity contribution >= 4 is 21.8 Å². The van der Waals surface area contributed by atoms with Crippen LogP contribution in [0.25, 0.3) is 0 Å². The van der Waals surface area contributed by atoms with Gasteiger partial charge in [-0.15, -0.1) is 0 Å². The van der Waals surface area contributed by atoms with Crippen LogP contribution in [-0.2, 0) is 26.0 Å². The topological polar surface area (TPSA) is 111 Å². The monoisotopic (exact) mass is 551 g/mol. The second-order valence-corrected chi connectivity index (χ2v) is 12.5. The first-order valence-electron chi connectivity index (χ1n) is 13.7. The molecule has 39 heavy (non-hydrogen) atoms. The summed E-state index contributed by atoms with van der Waals surface area (Å²) in [5.74, 6) is -0.885. The number of carbonyl (C=O) groups excluding carboxylic acids is 2. The van der Waals surface area contributed by atoms with Gasteiger partial charge in [0.25, 0.3) is 10.0 Å². The molecule has 1 saturated heterocycles. The average Bonchev–Trinajstić information content (AvgIpc) is 2.94. The molecule has 2 heterocycles. The number of sulfonamides is 1. The van der Waals surface area contributed by atoms with Gasteiger partial charge in [0, 0.05) is 44.6 Å². The molecule has 2 aliphatic heterocycles.